The quantitative estimate of drug-likeness (QED) is 0.589. The van der Waals surface area contributed by atoms with Gasteiger partial charge in [0.2, 0.25) is 0 Å². The lowest BCUT2D eigenvalue weighted by molar-refractivity contribution is -0.147. The predicted octanol–water partition coefficient (Wildman–Crippen LogP) is 2.21. The molecular weight excluding hydrogens is 414 g/mol. The number of aryl methyl sites for hydroxylation is 1. The van der Waals surface area contributed by atoms with Crippen molar-refractivity contribution in [3.63, 3.8) is 0 Å². The molecule has 4 rings (SSSR count). The highest BCUT2D eigenvalue weighted by Gasteiger charge is 2.14. The van der Waals surface area contributed by atoms with Crippen LogP contribution in [0.1, 0.15) is 18.7 Å². The van der Waals surface area contributed by atoms with E-state index in [-0.39, 0.29) is 18.4 Å². The number of benzene rings is 2. The fourth-order valence-electron chi connectivity index (χ4n) is 3.36. The van der Waals surface area contributed by atoms with Crippen LogP contribution in [0.4, 0.5) is 5.69 Å². The first-order chi connectivity index (χ1) is 15.5. The number of carbonyl (C=O) groups excluding carboxylic acids is 2. The Bertz CT molecular complexity index is 1220. The van der Waals surface area contributed by atoms with Crippen LogP contribution in [-0.4, -0.2) is 41.2 Å². The summed E-state index contributed by atoms with van der Waals surface area (Å²) in [6.07, 6.45) is 1.00. The zero-order valence-corrected chi connectivity index (χ0v) is 17.6. The molecule has 166 valence electrons. The highest BCUT2D eigenvalue weighted by Crippen LogP contribution is 2.32. The maximum atomic E-state index is 12.4. The highest BCUT2D eigenvalue weighted by atomic mass is 16.5. The van der Waals surface area contributed by atoms with Gasteiger partial charge in [-0.05, 0) is 24.3 Å². The summed E-state index contributed by atoms with van der Waals surface area (Å²) in [6.45, 7) is 0.703. The van der Waals surface area contributed by atoms with E-state index in [0.29, 0.717) is 47.1 Å². The van der Waals surface area contributed by atoms with Gasteiger partial charge in [0.05, 0.1) is 30.5 Å². The molecule has 9 heteroatoms. The van der Waals surface area contributed by atoms with E-state index in [1.165, 1.54) is 4.57 Å². The number of aromatic nitrogens is 2. The van der Waals surface area contributed by atoms with Gasteiger partial charge in [-0.3, -0.25) is 19.0 Å². The summed E-state index contributed by atoms with van der Waals surface area (Å²) in [6, 6.07) is 12.1. The number of nitrogens with zero attached hydrogens (tertiary/aromatic N) is 2. The Balaban J connectivity index is 1.29. The molecule has 0 saturated carbocycles. The fraction of sp³-hybridized carbons (Fsp3) is 0.304. The molecule has 1 N–H and O–H groups in total. The first-order valence-corrected chi connectivity index (χ1v) is 10.3. The van der Waals surface area contributed by atoms with Crippen LogP contribution in [0.25, 0.3) is 10.9 Å². The molecule has 1 aliphatic rings. The SMILES string of the molecule is Cn1c(CCC(=O)OCC(=O)Nc2ccc3c(c2)OCCCO3)nc2ccccc2c1=O. The third-order valence-corrected chi connectivity index (χ3v) is 5.02. The maximum absolute atomic E-state index is 12.4. The molecule has 32 heavy (non-hydrogen) atoms. The minimum Gasteiger partial charge on any atom is -0.490 e. The fourth-order valence-corrected chi connectivity index (χ4v) is 3.36. The van der Waals surface area contributed by atoms with E-state index in [2.05, 4.69) is 10.3 Å². The van der Waals surface area contributed by atoms with Crippen molar-refractivity contribution in [3.8, 4) is 11.5 Å². The molecule has 0 fully saturated rings. The third-order valence-electron chi connectivity index (χ3n) is 5.02. The smallest absolute Gasteiger partial charge is 0.306 e. The van der Waals surface area contributed by atoms with Crippen LogP contribution in [-0.2, 0) is 27.8 Å². The van der Waals surface area contributed by atoms with Crippen LogP contribution in [0, 0.1) is 0 Å². The van der Waals surface area contributed by atoms with Gasteiger partial charge in [0.1, 0.15) is 5.82 Å². The standard InChI is InChI=1S/C23H23N3O6/c1-26-20(25-17-6-3-2-5-16(17)23(26)29)9-10-22(28)32-14-21(27)24-15-7-8-18-19(13-15)31-12-4-11-30-18/h2-3,5-8,13H,4,9-12,14H2,1H3,(H,24,27). The van der Waals surface area contributed by atoms with Crippen LogP contribution in [0.2, 0.25) is 0 Å². The largest absolute Gasteiger partial charge is 0.490 e. The number of anilines is 1. The zero-order chi connectivity index (χ0) is 22.5. The second kappa shape index (κ2) is 9.51. The number of esters is 1. The predicted molar refractivity (Wildman–Crippen MR) is 117 cm³/mol. The first-order valence-electron chi connectivity index (χ1n) is 10.3. The summed E-state index contributed by atoms with van der Waals surface area (Å²) in [4.78, 5) is 41.1. The van der Waals surface area contributed by atoms with Crippen LogP contribution >= 0.6 is 0 Å². The lowest BCUT2D eigenvalue weighted by Crippen LogP contribution is -2.24. The Hall–Kier alpha value is -3.88. The highest BCUT2D eigenvalue weighted by molar-refractivity contribution is 5.93. The normalized spacial score (nSPS) is 12.8. The molecule has 0 unspecified atom stereocenters. The van der Waals surface area contributed by atoms with E-state index < -0.39 is 18.5 Å². The summed E-state index contributed by atoms with van der Waals surface area (Å²) in [5.41, 5.74) is 0.924. The number of hydrogen-bond donors (Lipinski definition) is 1. The van der Waals surface area contributed by atoms with Gasteiger partial charge in [-0.2, -0.15) is 0 Å². The van der Waals surface area contributed by atoms with Gasteiger partial charge in [-0.1, -0.05) is 12.1 Å². The van der Waals surface area contributed by atoms with Gasteiger partial charge in [-0.25, -0.2) is 4.98 Å². The maximum Gasteiger partial charge on any atom is 0.306 e. The second-order valence-electron chi connectivity index (χ2n) is 7.33. The lowest BCUT2D eigenvalue weighted by Gasteiger charge is -2.11. The number of amides is 1. The summed E-state index contributed by atoms with van der Waals surface area (Å²) in [5.74, 6) is 0.641. The minimum absolute atomic E-state index is 0.00404. The molecule has 0 atom stereocenters. The Kier molecular flexibility index (Phi) is 6.34. The Morgan fingerprint density at radius 1 is 1.12 bits per heavy atom. The molecule has 0 spiro atoms. The Labute approximate surface area is 183 Å². The first kappa shape index (κ1) is 21.4. The van der Waals surface area contributed by atoms with Crippen molar-refractivity contribution >= 4 is 28.5 Å². The number of hydrogen-bond acceptors (Lipinski definition) is 7. The van der Waals surface area contributed by atoms with Gasteiger partial charge in [-0.15, -0.1) is 0 Å². The zero-order valence-electron chi connectivity index (χ0n) is 17.6. The lowest BCUT2D eigenvalue weighted by atomic mass is 10.2. The Morgan fingerprint density at radius 3 is 2.75 bits per heavy atom. The number of nitrogens with one attached hydrogen (secondary N) is 1. The Morgan fingerprint density at radius 2 is 1.91 bits per heavy atom. The molecule has 3 aromatic rings. The number of rotatable bonds is 6. The van der Waals surface area contributed by atoms with Gasteiger partial charge < -0.3 is 19.5 Å². The van der Waals surface area contributed by atoms with Crippen molar-refractivity contribution in [3.05, 3.63) is 58.6 Å². The summed E-state index contributed by atoms with van der Waals surface area (Å²) in [7, 11) is 1.62. The monoisotopic (exact) mass is 437 g/mol. The van der Waals surface area contributed by atoms with Crippen LogP contribution in [0.5, 0.6) is 11.5 Å². The molecule has 1 amide bonds. The minimum atomic E-state index is -0.554. The number of fused-ring (bicyclic) bond motifs is 2. The molecule has 0 aliphatic carbocycles. The number of carbonyl (C=O) groups is 2. The topological polar surface area (TPSA) is 109 Å². The number of ether oxygens (including phenoxy) is 3. The van der Waals surface area contributed by atoms with Crippen molar-refractivity contribution in [2.24, 2.45) is 7.05 Å². The van der Waals surface area contributed by atoms with E-state index in [4.69, 9.17) is 14.2 Å². The van der Waals surface area contributed by atoms with Crippen LogP contribution in [0.3, 0.4) is 0 Å². The summed E-state index contributed by atoms with van der Waals surface area (Å²) >= 11 is 0. The molecule has 2 heterocycles. The van der Waals surface area contributed by atoms with Crippen molar-refractivity contribution < 1.29 is 23.8 Å². The summed E-state index contributed by atoms with van der Waals surface area (Å²) in [5, 5.41) is 3.19. The van der Waals surface area contributed by atoms with Crippen molar-refractivity contribution in [1.82, 2.24) is 9.55 Å². The average molecular weight is 437 g/mol. The molecule has 1 aliphatic heterocycles. The molecule has 0 saturated heterocycles. The second-order valence-corrected chi connectivity index (χ2v) is 7.33. The molecule has 2 aromatic carbocycles. The van der Waals surface area contributed by atoms with Crippen molar-refractivity contribution in [2.75, 3.05) is 25.1 Å². The third kappa shape index (κ3) is 4.88. The molecule has 0 radical (unpaired) electrons. The van der Waals surface area contributed by atoms with Crippen LogP contribution < -0.4 is 20.3 Å². The van der Waals surface area contributed by atoms with Gasteiger partial charge in [0.25, 0.3) is 11.5 Å². The molecule has 1 aromatic heterocycles. The van der Waals surface area contributed by atoms with E-state index >= 15 is 0 Å². The average Bonchev–Trinajstić information content (AvgIpc) is 3.04. The van der Waals surface area contributed by atoms with Crippen molar-refractivity contribution in [1.29, 1.82) is 0 Å². The van der Waals surface area contributed by atoms with Gasteiger partial charge in [0.15, 0.2) is 18.1 Å². The summed E-state index contributed by atoms with van der Waals surface area (Å²) < 4.78 is 17.6. The van der Waals surface area contributed by atoms with E-state index in [1.54, 1.807) is 49.5 Å². The molecule has 0 bridgehead atoms. The van der Waals surface area contributed by atoms with E-state index in [9.17, 15) is 14.4 Å². The van der Waals surface area contributed by atoms with E-state index in [1.807, 2.05) is 0 Å². The molecular formula is C23H23N3O6. The number of para-hydroxylation sites is 1. The van der Waals surface area contributed by atoms with Crippen LogP contribution in [0.15, 0.2) is 47.3 Å². The van der Waals surface area contributed by atoms with Gasteiger partial charge >= 0.3 is 5.97 Å². The van der Waals surface area contributed by atoms with Gasteiger partial charge in [0, 0.05) is 31.6 Å². The van der Waals surface area contributed by atoms with Crippen molar-refractivity contribution in [2.45, 2.75) is 19.3 Å². The molecule has 9 nitrogen and oxygen atoms in total. The van der Waals surface area contributed by atoms with E-state index in [0.717, 1.165) is 6.42 Å².